The van der Waals surface area contributed by atoms with E-state index in [4.69, 9.17) is 32.7 Å². The van der Waals surface area contributed by atoms with Crippen LogP contribution in [-0.2, 0) is 0 Å². The van der Waals surface area contributed by atoms with Gasteiger partial charge in [-0.2, -0.15) is 0 Å². The van der Waals surface area contributed by atoms with Gasteiger partial charge in [-0.1, -0.05) is 23.2 Å². The molecule has 0 amide bonds. The van der Waals surface area contributed by atoms with Crippen molar-refractivity contribution in [3.8, 4) is 11.5 Å². The van der Waals surface area contributed by atoms with Crippen molar-refractivity contribution in [2.24, 2.45) is 0 Å². The number of fused-ring (bicyclic) bond motifs is 1. The highest BCUT2D eigenvalue weighted by molar-refractivity contribution is 6.37. The Kier molecular flexibility index (Phi) is 4.04. The van der Waals surface area contributed by atoms with Crippen molar-refractivity contribution in [1.82, 2.24) is 0 Å². The summed E-state index contributed by atoms with van der Waals surface area (Å²) in [6.45, 7) is 1.19. The maximum absolute atomic E-state index is 12.5. The van der Waals surface area contributed by atoms with Crippen LogP contribution in [-0.4, -0.2) is 19.0 Å². The Labute approximate surface area is 132 Å². The minimum atomic E-state index is -0.174. The molecule has 0 fully saturated rings. The molecule has 2 aromatic carbocycles. The first-order chi connectivity index (χ1) is 10.1. The maximum Gasteiger partial charge on any atom is 0.194 e. The maximum atomic E-state index is 12.5. The molecule has 0 saturated carbocycles. The molecule has 0 spiro atoms. The Balaban J connectivity index is 1.96. The van der Waals surface area contributed by atoms with Crippen LogP contribution < -0.4 is 9.47 Å². The van der Waals surface area contributed by atoms with Gasteiger partial charge < -0.3 is 9.47 Å². The van der Waals surface area contributed by atoms with E-state index in [0.717, 1.165) is 6.42 Å². The Hall–Kier alpha value is -1.71. The second kappa shape index (κ2) is 5.96. The number of rotatable bonds is 2. The molecule has 1 aliphatic rings. The van der Waals surface area contributed by atoms with Crippen LogP contribution >= 0.6 is 23.2 Å². The molecule has 0 aliphatic carbocycles. The van der Waals surface area contributed by atoms with Crippen LogP contribution in [0, 0.1) is 0 Å². The number of benzene rings is 2. The van der Waals surface area contributed by atoms with Gasteiger partial charge >= 0.3 is 0 Å². The van der Waals surface area contributed by atoms with E-state index in [2.05, 4.69) is 0 Å². The van der Waals surface area contributed by atoms with E-state index in [-0.39, 0.29) is 5.78 Å². The quantitative estimate of drug-likeness (QED) is 0.769. The highest BCUT2D eigenvalue weighted by atomic mass is 35.5. The van der Waals surface area contributed by atoms with Crippen LogP contribution in [0.3, 0.4) is 0 Å². The molecule has 3 nitrogen and oxygen atoms in total. The van der Waals surface area contributed by atoms with E-state index in [9.17, 15) is 4.79 Å². The molecule has 1 heterocycles. The molecule has 108 valence electrons. The van der Waals surface area contributed by atoms with Gasteiger partial charge in [0.2, 0.25) is 0 Å². The number of halogens is 2. The molecule has 21 heavy (non-hydrogen) atoms. The summed E-state index contributed by atoms with van der Waals surface area (Å²) in [5.41, 5.74) is 0.916. The van der Waals surface area contributed by atoms with Gasteiger partial charge in [-0.25, -0.2) is 0 Å². The molecule has 3 rings (SSSR count). The van der Waals surface area contributed by atoms with Crippen molar-refractivity contribution in [1.29, 1.82) is 0 Å². The van der Waals surface area contributed by atoms with Crippen molar-refractivity contribution < 1.29 is 14.3 Å². The van der Waals surface area contributed by atoms with Crippen molar-refractivity contribution in [2.45, 2.75) is 6.42 Å². The van der Waals surface area contributed by atoms with Crippen molar-refractivity contribution >= 4 is 29.0 Å². The first-order valence-electron chi connectivity index (χ1n) is 6.54. The Morgan fingerprint density at radius 2 is 1.71 bits per heavy atom. The van der Waals surface area contributed by atoms with Gasteiger partial charge in [0.1, 0.15) is 0 Å². The monoisotopic (exact) mass is 322 g/mol. The smallest absolute Gasteiger partial charge is 0.194 e. The van der Waals surface area contributed by atoms with Gasteiger partial charge in [0.05, 0.1) is 18.2 Å². The SMILES string of the molecule is O=C(c1ccc2c(c1)OCCCO2)c1ccc(Cl)cc1Cl. The van der Waals surface area contributed by atoms with Crippen molar-refractivity contribution in [3.05, 3.63) is 57.6 Å². The minimum Gasteiger partial charge on any atom is -0.490 e. The third-order valence-electron chi connectivity index (χ3n) is 3.19. The van der Waals surface area contributed by atoms with Gasteiger partial charge in [-0.05, 0) is 36.4 Å². The van der Waals surface area contributed by atoms with Crippen LogP contribution in [0.15, 0.2) is 36.4 Å². The summed E-state index contributed by atoms with van der Waals surface area (Å²) >= 11 is 11.9. The lowest BCUT2D eigenvalue weighted by atomic mass is 10.0. The van der Waals surface area contributed by atoms with Crippen LogP contribution in [0.25, 0.3) is 0 Å². The molecule has 0 unspecified atom stereocenters. The number of carbonyl (C=O) groups is 1. The van der Waals surface area contributed by atoms with Crippen molar-refractivity contribution in [2.75, 3.05) is 13.2 Å². The topological polar surface area (TPSA) is 35.5 Å². The van der Waals surface area contributed by atoms with Gasteiger partial charge in [-0.3, -0.25) is 4.79 Å². The first kappa shape index (κ1) is 14.2. The molecule has 0 aromatic heterocycles. The van der Waals surface area contributed by atoms with Crippen LogP contribution in [0.1, 0.15) is 22.3 Å². The summed E-state index contributed by atoms with van der Waals surface area (Å²) in [5.74, 6) is 1.07. The van der Waals surface area contributed by atoms with E-state index >= 15 is 0 Å². The normalized spacial score (nSPS) is 13.6. The Morgan fingerprint density at radius 1 is 0.952 bits per heavy atom. The third-order valence-corrected chi connectivity index (χ3v) is 3.73. The third kappa shape index (κ3) is 2.99. The lowest BCUT2D eigenvalue weighted by Gasteiger charge is -2.09. The predicted octanol–water partition coefficient (Wildman–Crippen LogP) is 4.39. The summed E-state index contributed by atoms with van der Waals surface area (Å²) in [5, 5.41) is 0.829. The molecular weight excluding hydrogens is 311 g/mol. The molecular formula is C16H12Cl2O3. The molecule has 1 aliphatic heterocycles. The summed E-state index contributed by atoms with van der Waals surface area (Å²) in [6, 6.07) is 9.96. The van der Waals surface area contributed by atoms with Gasteiger partial charge in [-0.15, -0.1) is 0 Å². The van der Waals surface area contributed by atoms with E-state index in [1.165, 1.54) is 0 Å². The molecule has 0 saturated heterocycles. The molecule has 0 bridgehead atoms. The number of hydrogen-bond acceptors (Lipinski definition) is 3. The van der Waals surface area contributed by atoms with E-state index in [1.54, 1.807) is 36.4 Å². The number of ether oxygens (including phenoxy) is 2. The summed E-state index contributed by atoms with van der Waals surface area (Å²) in [7, 11) is 0. The fourth-order valence-electron chi connectivity index (χ4n) is 2.13. The molecule has 5 heteroatoms. The Bertz CT molecular complexity index is 698. The lowest BCUT2D eigenvalue weighted by Crippen LogP contribution is -2.03. The fraction of sp³-hybridized carbons (Fsp3) is 0.188. The zero-order valence-electron chi connectivity index (χ0n) is 11.1. The standard InChI is InChI=1S/C16H12Cl2O3/c17-11-3-4-12(13(18)9-11)16(19)10-2-5-14-15(8-10)21-7-1-6-20-14/h2-5,8-9H,1,6-7H2. The number of hydrogen-bond donors (Lipinski definition) is 0. The second-order valence-electron chi connectivity index (χ2n) is 4.67. The van der Waals surface area contributed by atoms with Crippen molar-refractivity contribution in [3.63, 3.8) is 0 Å². The average molecular weight is 323 g/mol. The zero-order chi connectivity index (χ0) is 14.8. The van der Waals surface area contributed by atoms with E-state index < -0.39 is 0 Å². The predicted molar refractivity (Wildman–Crippen MR) is 81.9 cm³/mol. The molecule has 0 N–H and O–H groups in total. The second-order valence-corrected chi connectivity index (χ2v) is 5.51. The van der Waals surface area contributed by atoms with Crippen LogP contribution in [0.2, 0.25) is 10.0 Å². The minimum absolute atomic E-state index is 0.174. The zero-order valence-corrected chi connectivity index (χ0v) is 12.6. The highest BCUT2D eigenvalue weighted by Crippen LogP contribution is 2.32. The largest absolute Gasteiger partial charge is 0.490 e. The molecule has 0 radical (unpaired) electrons. The summed E-state index contributed by atoms with van der Waals surface area (Å²) in [4.78, 5) is 12.5. The average Bonchev–Trinajstić information content (AvgIpc) is 2.71. The number of carbonyl (C=O) groups excluding carboxylic acids is 1. The summed E-state index contributed by atoms with van der Waals surface area (Å²) in [6.07, 6.45) is 0.820. The molecule has 0 atom stereocenters. The van der Waals surface area contributed by atoms with E-state index in [1.807, 2.05) is 0 Å². The van der Waals surface area contributed by atoms with Gasteiger partial charge in [0.15, 0.2) is 17.3 Å². The highest BCUT2D eigenvalue weighted by Gasteiger charge is 2.17. The Morgan fingerprint density at radius 3 is 2.48 bits per heavy atom. The van der Waals surface area contributed by atoms with Crippen LogP contribution in [0.5, 0.6) is 11.5 Å². The van der Waals surface area contributed by atoms with E-state index in [0.29, 0.717) is 45.9 Å². The van der Waals surface area contributed by atoms with Gasteiger partial charge in [0, 0.05) is 22.6 Å². The number of ketones is 1. The van der Waals surface area contributed by atoms with Gasteiger partial charge in [0.25, 0.3) is 0 Å². The fourth-order valence-corrected chi connectivity index (χ4v) is 2.63. The summed E-state index contributed by atoms with van der Waals surface area (Å²) < 4.78 is 11.1. The molecule has 2 aromatic rings. The first-order valence-corrected chi connectivity index (χ1v) is 7.30. The van der Waals surface area contributed by atoms with Crippen LogP contribution in [0.4, 0.5) is 0 Å². The lowest BCUT2D eigenvalue weighted by molar-refractivity contribution is 0.103.